The van der Waals surface area contributed by atoms with E-state index in [4.69, 9.17) is 0 Å². The topological polar surface area (TPSA) is 37.3 Å². The zero-order chi connectivity index (χ0) is 33.8. The number of benzene rings is 1. The summed E-state index contributed by atoms with van der Waals surface area (Å²) < 4.78 is 2.56. The zero-order valence-corrected chi connectivity index (χ0v) is 31.9. The summed E-state index contributed by atoms with van der Waals surface area (Å²) in [7, 11) is 0. The quantitative estimate of drug-likeness (QED) is 0.0739. The Morgan fingerprint density at radius 2 is 0.911 bits per heavy atom. The molecule has 0 spiro atoms. The largest absolute Gasteiger partial charge is 0.507 e. The van der Waals surface area contributed by atoms with Gasteiger partial charge in [-0.2, -0.15) is 0 Å². The Bertz CT molecular complexity index is 858. The number of Topliss-reactive ketones (excluding diaryl/α,β-unsaturated/α-hetero) is 1. The van der Waals surface area contributed by atoms with Gasteiger partial charge in [0.25, 0.3) is 0 Å². The second-order valence-electron chi connectivity index (χ2n) is 15.1. The molecule has 1 N–H and O–H groups in total. The lowest BCUT2D eigenvalue weighted by Gasteiger charge is -2.42. The van der Waals surface area contributed by atoms with Gasteiger partial charge in [0.1, 0.15) is 5.75 Å². The van der Waals surface area contributed by atoms with Gasteiger partial charge in [-0.15, -0.1) is 0 Å². The summed E-state index contributed by atoms with van der Waals surface area (Å²) in [6.45, 7) is 30.5. The Morgan fingerprint density at radius 3 is 1.20 bits per heavy atom. The van der Waals surface area contributed by atoms with E-state index in [1.54, 1.807) is 6.92 Å². The molecule has 4 nitrogen and oxygen atoms in total. The average molecular weight is 631 g/mol. The molecule has 0 aliphatic heterocycles. The SMILES string of the molecule is CCCC[N+](CCCC)(CCCC)CCCC(C)(CCC[N+](CCCC)(CCCC)CCCC)c1cc(C)c(O)c(C(C)=O)c1. The van der Waals surface area contributed by atoms with Crippen molar-refractivity contribution < 1.29 is 18.9 Å². The minimum atomic E-state index is -0.0384. The third kappa shape index (κ3) is 14.1. The molecule has 1 aromatic carbocycles. The lowest BCUT2D eigenvalue weighted by Crippen LogP contribution is -2.51. The van der Waals surface area contributed by atoms with Crippen LogP contribution in [0, 0.1) is 6.92 Å². The number of aryl methyl sites for hydroxylation is 1. The number of unbranched alkanes of at least 4 members (excludes halogenated alkanes) is 6. The van der Waals surface area contributed by atoms with Crippen molar-refractivity contribution in [2.75, 3.05) is 52.4 Å². The fourth-order valence-electron chi connectivity index (χ4n) is 7.72. The summed E-state index contributed by atoms with van der Waals surface area (Å²) in [5.41, 5.74) is 2.57. The molecule has 0 radical (unpaired) electrons. The summed E-state index contributed by atoms with van der Waals surface area (Å²) in [6, 6.07) is 4.24. The van der Waals surface area contributed by atoms with Crippen LogP contribution >= 0.6 is 0 Å². The second kappa shape index (κ2) is 22.2. The zero-order valence-electron chi connectivity index (χ0n) is 31.9. The molecule has 1 rings (SSSR count). The molecule has 45 heavy (non-hydrogen) atoms. The number of ketones is 1. The fraction of sp³-hybridized carbons (Fsp3) is 0.829. The molecule has 0 aliphatic carbocycles. The normalized spacial score (nSPS) is 12.6. The molecule has 0 heterocycles. The average Bonchev–Trinajstić information content (AvgIpc) is 3.03. The minimum Gasteiger partial charge on any atom is -0.507 e. The van der Waals surface area contributed by atoms with Crippen molar-refractivity contribution in [3.8, 4) is 5.75 Å². The van der Waals surface area contributed by atoms with Crippen LogP contribution in [0.5, 0.6) is 5.75 Å². The lowest BCUT2D eigenvalue weighted by atomic mass is 9.73. The first-order chi connectivity index (χ1) is 21.5. The van der Waals surface area contributed by atoms with Crippen molar-refractivity contribution in [1.29, 1.82) is 0 Å². The van der Waals surface area contributed by atoms with Crippen molar-refractivity contribution in [2.45, 2.75) is 170 Å². The number of carbonyl (C=O) groups is 1. The van der Waals surface area contributed by atoms with Crippen LogP contribution in [0.4, 0.5) is 0 Å². The fourth-order valence-corrected chi connectivity index (χ4v) is 7.72. The number of nitrogens with zero attached hydrogens (tertiary/aromatic N) is 2. The number of hydrogen-bond acceptors (Lipinski definition) is 2. The first kappa shape index (κ1) is 41.6. The summed E-state index contributed by atoms with van der Waals surface area (Å²) in [4.78, 5) is 12.6. The Hall–Kier alpha value is -1.39. The molecule has 4 heteroatoms. The van der Waals surface area contributed by atoms with Gasteiger partial charge in [-0.3, -0.25) is 4.79 Å². The smallest absolute Gasteiger partial charge is 0.163 e. The second-order valence-corrected chi connectivity index (χ2v) is 15.1. The molecule has 1 aromatic rings. The van der Waals surface area contributed by atoms with Crippen molar-refractivity contribution in [3.63, 3.8) is 0 Å². The van der Waals surface area contributed by atoms with Gasteiger partial charge in [0.05, 0.1) is 57.9 Å². The van der Waals surface area contributed by atoms with E-state index in [-0.39, 0.29) is 16.9 Å². The summed E-state index contributed by atoms with van der Waals surface area (Å²) in [5.74, 6) is 0.126. The Balaban J connectivity index is 3.42. The molecule has 0 unspecified atom stereocenters. The van der Waals surface area contributed by atoms with Crippen molar-refractivity contribution in [1.82, 2.24) is 0 Å². The monoisotopic (exact) mass is 631 g/mol. The first-order valence-corrected chi connectivity index (χ1v) is 19.6. The van der Waals surface area contributed by atoms with E-state index in [2.05, 4.69) is 54.5 Å². The molecule has 0 saturated carbocycles. The molecule has 0 aliphatic rings. The van der Waals surface area contributed by atoms with Crippen LogP contribution in [-0.2, 0) is 5.41 Å². The van der Waals surface area contributed by atoms with E-state index in [0.29, 0.717) is 5.56 Å². The van der Waals surface area contributed by atoms with Gasteiger partial charge in [-0.1, -0.05) is 93.1 Å². The molecule has 0 fully saturated rings. The third-order valence-corrected chi connectivity index (χ3v) is 11.0. The molecule has 0 atom stereocenters. The van der Waals surface area contributed by atoms with Crippen LogP contribution in [-0.4, -0.2) is 72.2 Å². The number of phenols is 1. The molecule has 0 aromatic heterocycles. The maximum Gasteiger partial charge on any atom is 0.163 e. The number of carbonyl (C=O) groups excluding carboxylic acids is 1. The van der Waals surface area contributed by atoms with Gasteiger partial charge >= 0.3 is 0 Å². The Kier molecular flexibility index (Phi) is 20.6. The highest BCUT2D eigenvalue weighted by Crippen LogP contribution is 2.39. The number of phenolic OH excluding ortho intramolecular Hbond substituents is 1. The van der Waals surface area contributed by atoms with E-state index in [1.165, 1.54) is 157 Å². The van der Waals surface area contributed by atoms with Gasteiger partial charge < -0.3 is 14.1 Å². The predicted molar refractivity (Wildman–Crippen MR) is 198 cm³/mol. The molecule has 0 amide bonds. The highest BCUT2D eigenvalue weighted by atomic mass is 16.3. The summed E-state index contributed by atoms with van der Waals surface area (Å²) in [6.07, 6.45) is 20.2. The van der Waals surface area contributed by atoms with Crippen LogP contribution in [0.25, 0.3) is 0 Å². The molecule has 0 saturated heterocycles. The van der Waals surface area contributed by atoms with Crippen LogP contribution in [0.3, 0.4) is 0 Å². The van der Waals surface area contributed by atoms with Gasteiger partial charge in [-0.05, 0) is 101 Å². The predicted octanol–water partition coefficient (Wildman–Crippen LogP) is 11.2. The van der Waals surface area contributed by atoms with Gasteiger partial charge in [0.2, 0.25) is 0 Å². The van der Waals surface area contributed by atoms with E-state index in [0.717, 1.165) is 18.4 Å². The van der Waals surface area contributed by atoms with Gasteiger partial charge in [0, 0.05) is 0 Å². The maximum absolute atomic E-state index is 12.6. The van der Waals surface area contributed by atoms with E-state index in [9.17, 15) is 9.90 Å². The van der Waals surface area contributed by atoms with Gasteiger partial charge in [0.15, 0.2) is 5.78 Å². The Morgan fingerprint density at radius 1 is 0.600 bits per heavy atom. The minimum absolute atomic E-state index is 0.0193. The van der Waals surface area contributed by atoms with E-state index >= 15 is 0 Å². The molecular formula is C41H78N2O2+2. The van der Waals surface area contributed by atoms with Crippen molar-refractivity contribution in [2.24, 2.45) is 0 Å². The number of rotatable bonds is 28. The molecular weight excluding hydrogens is 552 g/mol. The third-order valence-electron chi connectivity index (χ3n) is 11.0. The lowest BCUT2D eigenvalue weighted by molar-refractivity contribution is -0.929. The van der Waals surface area contributed by atoms with Crippen LogP contribution in [0.1, 0.15) is 180 Å². The highest BCUT2D eigenvalue weighted by molar-refractivity contribution is 5.97. The standard InChI is InChI=1S/C41H77N2O2/c1-10-16-26-42(27-17-11-2,28-18-12-3)32-22-24-41(9,38-34-36(7)40(45)39(35-38)37(8)44)25-23-33-43(29-19-13-4,30-20-14-5)31-21-15-6/h34-35H,10-33H2,1-9H3/q+1/p+1. The highest BCUT2D eigenvalue weighted by Gasteiger charge is 2.33. The number of aromatic hydroxyl groups is 1. The maximum atomic E-state index is 12.6. The molecule has 262 valence electrons. The van der Waals surface area contributed by atoms with Crippen molar-refractivity contribution in [3.05, 3.63) is 28.8 Å². The summed E-state index contributed by atoms with van der Waals surface area (Å²) >= 11 is 0. The van der Waals surface area contributed by atoms with E-state index < -0.39 is 0 Å². The van der Waals surface area contributed by atoms with Crippen LogP contribution in [0.15, 0.2) is 12.1 Å². The number of hydrogen-bond donors (Lipinski definition) is 1. The van der Waals surface area contributed by atoms with Crippen LogP contribution in [0.2, 0.25) is 0 Å². The van der Waals surface area contributed by atoms with Crippen LogP contribution < -0.4 is 0 Å². The van der Waals surface area contributed by atoms with Gasteiger partial charge in [-0.25, -0.2) is 0 Å². The molecule has 0 bridgehead atoms. The summed E-state index contributed by atoms with van der Waals surface area (Å²) in [5, 5.41) is 10.8. The Labute approximate surface area is 281 Å². The van der Waals surface area contributed by atoms with E-state index in [1.807, 2.05) is 13.0 Å². The van der Waals surface area contributed by atoms with Crippen molar-refractivity contribution >= 4 is 5.78 Å². The number of quaternary nitrogens is 2. The first-order valence-electron chi connectivity index (χ1n) is 19.6.